The van der Waals surface area contributed by atoms with E-state index in [9.17, 15) is 9.18 Å². The minimum absolute atomic E-state index is 0.0137. The summed E-state index contributed by atoms with van der Waals surface area (Å²) in [5, 5.41) is 0. The third-order valence-corrected chi connectivity index (χ3v) is 3.38. The number of fused-ring (bicyclic) bond motifs is 1. The van der Waals surface area contributed by atoms with Gasteiger partial charge >= 0.3 is 0 Å². The number of carbonyl (C=O) groups is 1. The van der Waals surface area contributed by atoms with E-state index in [1.807, 2.05) is 26.5 Å². The molecule has 5 heteroatoms. The molecule has 1 aliphatic heterocycles. The van der Waals surface area contributed by atoms with E-state index in [4.69, 9.17) is 0 Å². The molecule has 0 unspecified atom stereocenters. The summed E-state index contributed by atoms with van der Waals surface area (Å²) in [4.78, 5) is 19.8. The van der Waals surface area contributed by atoms with Gasteiger partial charge in [-0.05, 0) is 37.2 Å². The van der Waals surface area contributed by atoms with E-state index in [1.54, 1.807) is 4.90 Å². The number of hydrogen-bond acceptors (Lipinski definition) is 3. The number of rotatable bonds is 4. The van der Waals surface area contributed by atoms with Gasteiger partial charge in [0.15, 0.2) is 0 Å². The molecule has 0 saturated carbocycles. The first-order chi connectivity index (χ1) is 9.11. The summed E-state index contributed by atoms with van der Waals surface area (Å²) >= 11 is 0. The van der Waals surface area contributed by atoms with Crippen molar-refractivity contribution in [3.8, 4) is 0 Å². The Morgan fingerprint density at radius 2 is 2.26 bits per heavy atom. The molecule has 2 rings (SSSR count). The Kier molecular flexibility index (Phi) is 4.47. The molecule has 0 atom stereocenters. The minimum Gasteiger partial charge on any atom is -0.338 e. The highest BCUT2D eigenvalue weighted by Gasteiger charge is 2.22. The maximum Gasteiger partial charge on any atom is 0.225 e. The SMILES string of the molecule is CN(C)Cc1cncc2c1CCN(C(=O)CCF)C2. The van der Waals surface area contributed by atoms with E-state index in [2.05, 4.69) is 9.88 Å². The summed E-state index contributed by atoms with van der Waals surface area (Å²) in [6, 6.07) is 0. The third kappa shape index (κ3) is 3.29. The highest BCUT2D eigenvalue weighted by atomic mass is 19.1. The molecule has 4 nitrogen and oxygen atoms in total. The second-order valence-electron chi connectivity index (χ2n) is 5.18. The van der Waals surface area contributed by atoms with Crippen LogP contribution in [0, 0.1) is 0 Å². The van der Waals surface area contributed by atoms with E-state index in [-0.39, 0.29) is 12.3 Å². The molecular formula is C14H20FN3O. The molecule has 0 radical (unpaired) electrons. The van der Waals surface area contributed by atoms with Gasteiger partial charge in [0.1, 0.15) is 0 Å². The topological polar surface area (TPSA) is 36.4 Å². The van der Waals surface area contributed by atoms with Crippen LogP contribution in [-0.2, 0) is 24.3 Å². The number of amides is 1. The van der Waals surface area contributed by atoms with E-state index in [0.29, 0.717) is 13.1 Å². The average molecular weight is 265 g/mol. The quantitative estimate of drug-likeness (QED) is 0.825. The summed E-state index contributed by atoms with van der Waals surface area (Å²) in [7, 11) is 4.05. The van der Waals surface area contributed by atoms with Crippen LogP contribution in [0.3, 0.4) is 0 Å². The van der Waals surface area contributed by atoms with Gasteiger partial charge in [-0.15, -0.1) is 0 Å². The monoisotopic (exact) mass is 265 g/mol. The molecule has 19 heavy (non-hydrogen) atoms. The van der Waals surface area contributed by atoms with Crippen LogP contribution >= 0.6 is 0 Å². The van der Waals surface area contributed by atoms with E-state index < -0.39 is 6.67 Å². The molecule has 2 heterocycles. The van der Waals surface area contributed by atoms with Crippen LogP contribution in [0.25, 0.3) is 0 Å². The molecule has 1 aromatic rings. The van der Waals surface area contributed by atoms with Crippen LogP contribution in [0.15, 0.2) is 12.4 Å². The van der Waals surface area contributed by atoms with Crippen LogP contribution in [0.4, 0.5) is 4.39 Å². The van der Waals surface area contributed by atoms with Gasteiger partial charge in [0, 0.05) is 32.0 Å². The lowest BCUT2D eigenvalue weighted by Gasteiger charge is -2.30. The fourth-order valence-electron chi connectivity index (χ4n) is 2.50. The van der Waals surface area contributed by atoms with Gasteiger partial charge in [0.2, 0.25) is 5.91 Å². The van der Waals surface area contributed by atoms with E-state index >= 15 is 0 Å². The molecule has 0 bridgehead atoms. The van der Waals surface area contributed by atoms with E-state index in [0.717, 1.165) is 18.5 Å². The molecule has 0 aromatic carbocycles. The number of halogens is 1. The minimum atomic E-state index is -0.582. The zero-order valence-corrected chi connectivity index (χ0v) is 11.5. The maximum absolute atomic E-state index is 12.2. The lowest BCUT2D eigenvalue weighted by atomic mass is 9.96. The number of carbonyl (C=O) groups excluding carboxylic acids is 1. The highest BCUT2D eigenvalue weighted by molar-refractivity contribution is 5.76. The van der Waals surface area contributed by atoms with E-state index in [1.165, 1.54) is 11.1 Å². The second-order valence-corrected chi connectivity index (χ2v) is 5.18. The molecule has 104 valence electrons. The smallest absolute Gasteiger partial charge is 0.225 e. The molecule has 1 amide bonds. The Bertz CT molecular complexity index is 462. The predicted octanol–water partition coefficient (Wildman–Crippen LogP) is 1.39. The van der Waals surface area contributed by atoms with Gasteiger partial charge in [0.05, 0.1) is 13.1 Å². The van der Waals surface area contributed by atoms with Crippen LogP contribution in [0.5, 0.6) is 0 Å². The third-order valence-electron chi connectivity index (χ3n) is 3.38. The van der Waals surface area contributed by atoms with Gasteiger partial charge in [-0.25, -0.2) is 0 Å². The fraction of sp³-hybridized carbons (Fsp3) is 0.571. The lowest BCUT2D eigenvalue weighted by Crippen LogP contribution is -2.36. The number of nitrogens with zero attached hydrogens (tertiary/aromatic N) is 3. The first kappa shape index (κ1) is 13.9. The standard InChI is InChI=1S/C14H20FN3O/c1-17(2)9-11-7-16-8-12-10-18(6-4-13(11)12)14(19)3-5-15/h7-8H,3-6,9-10H2,1-2H3. The Morgan fingerprint density at radius 3 is 2.95 bits per heavy atom. The number of aromatic nitrogens is 1. The van der Waals surface area contributed by atoms with Crippen molar-refractivity contribution in [3.05, 3.63) is 29.1 Å². The Hall–Kier alpha value is -1.49. The van der Waals surface area contributed by atoms with Gasteiger partial charge in [-0.3, -0.25) is 14.2 Å². The van der Waals surface area contributed by atoms with Crippen molar-refractivity contribution in [2.45, 2.75) is 25.9 Å². The van der Waals surface area contributed by atoms with Crippen LogP contribution < -0.4 is 0 Å². The van der Waals surface area contributed by atoms with Crippen molar-refractivity contribution < 1.29 is 9.18 Å². The van der Waals surface area contributed by atoms with Gasteiger partial charge in [-0.1, -0.05) is 0 Å². The highest BCUT2D eigenvalue weighted by Crippen LogP contribution is 2.22. The van der Waals surface area contributed by atoms with Crippen LogP contribution in [0.2, 0.25) is 0 Å². The summed E-state index contributed by atoms with van der Waals surface area (Å²) in [5.74, 6) is -0.105. The maximum atomic E-state index is 12.2. The summed E-state index contributed by atoms with van der Waals surface area (Å²) in [6.07, 6.45) is 4.54. The Balaban J connectivity index is 2.15. The number of pyridine rings is 1. The van der Waals surface area contributed by atoms with Gasteiger partial charge < -0.3 is 9.80 Å². The largest absolute Gasteiger partial charge is 0.338 e. The first-order valence-electron chi connectivity index (χ1n) is 6.55. The Morgan fingerprint density at radius 1 is 1.47 bits per heavy atom. The van der Waals surface area contributed by atoms with Crippen molar-refractivity contribution >= 4 is 5.91 Å². The zero-order valence-electron chi connectivity index (χ0n) is 11.5. The number of hydrogen-bond donors (Lipinski definition) is 0. The number of alkyl halides is 1. The molecule has 1 aliphatic rings. The molecular weight excluding hydrogens is 245 g/mol. The van der Waals surface area contributed by atoms with Crippen molar-refractivity contribution in [1.82, 2.24) is 14.8 Å². The average Bonchev–Trinajstić information content (AvgIpc) is 2.38. The van der Waals surface area contributed by atoms with Crippen molar-refractivity contribution in [3.63, 3.8) is 0 Å². The van der Waals surface area contributed by atoms with Crippen molar-refractivity contribution in [2.75, 3.05) is 27.3 Å². The van der Waals surface area contributed by atoms with Crippen molar-refractivity contribution in [2.24, 2.45) is 0 Å². The normalized spacial score (nSPS) is 14.6. The van der Waals surface area contributed by atoms with Crippen molar-refractivity contribution in [1.29, 1.82) is 0 Å². The molecule has 0 fully saturated rings. The molecule has 1 aromatic heterocycles. The predicted molar refractivity (Wildman–Crippen MR) is 71.3 cm³/mol. The molecule has 0 N–H and O–H groups in total. The first-order valence-corrected chi connectivity index (χ1v) is 6.55. The van der Waals surface area contributed by atoms with Gasteiger partial charge in [0.25, 0.3) is 0 Å². The van der Waals surface area contributed by atoms with Crippen LogP contribution in [0.1, 0.15) is 23.1 Å². The van der Waals surface area contributed by atoms with Crippen LogP contribution in [-0.4, -0.2) is 48.0 Å². The molecule has 0 aliphatic carbocycles. The summed E-state index contributed by atoms with van der Waals surface area (Å²) in [5.41, 5.74) is 3.62. The second kappa shape index (κ2) is 6.10. The fourth-order valence-corrected chi connectivity index (χ4v) is 2.50. The van der Waals surface area contributed by atoms with Gasteiger partial charge in [-0.2, -0.15) is 0 Å². The Labute approximate surface area is 113 Å². The lowest BCUT2D eigenvalue weighted by molar-refractivity contribution is -0.132. The summed E-state index contributed by atoms with van der Waals surface area (Å²) < 4.78 is 12.2. The molecule has 0 spiro atoms. The molecule has 0 saturated heterocycles. The summed E-state index contributed by atoms with van der Waals surface area (Å²) in [6.45, 7) is 1.51. The zero-order chi connectivity index (χ0) is 13.8.